The van der Waals surface area contributed by atoms with Gasteiger partial charge in [0.25, 0.3) is 0 Å². The normalized spacial score (nSPS) is 11.6. The molecule has 0 aliphatic carbocycles. The molecule has 1 aromatic heterocycles. The summed E-state index contributed by atoms with van der Waals surface area (Å²) in [4.78, 5) is 10.9. The fourth-order valence-corrected chi connectivity index (χ4v) is 2.93. The molecular weight excluding hydrogens is 415 g/mol. The Bertz CT molecular complexity index is 994. The van der Waals surface area contributed by atoms with Gasteiger partial charge >= 0.3 is 6.18 Å². The molecule has 0 saturated heterocycles. The number of halogens is 4. The number of hydrogen-bond donors (Lipinski definition) is 2. The zero-order valence-electron chi connectivity index (χ0n) is 16.5. The van der Waals surface area contributed by atoms with Crippen LogP contribution in [0.4, 0.5) is 30.6 Å². The van der Waals surface area contributed by atoms with Gasteiger partial charge in [-0.2, -0.15) is 18.2 Å². The van der Waals surface area contributed by atoms with Crippen molar-refractivity contribution in [1.29, 1.82) is 0 Å². The summed E-state index contributed by atoms with van der Waals surface area (Å²) < 4.78 is 39.5. The number of anilines is 3. The molecule has 0 unspecified atom stereocenters. The monoisotopic (exact) mass is 435 g/mol. The van der Waals surface area contributed by atoms with E-state index >= 15 is 0 Å². The number of likely N-dealkylation sites (N-methyl/N-ethyl adjacent to an activating group) is 1. The van der Waals surface area contributed by atoms with Crippen molar-refractivity contribution in [1.82, 2.24) is 14.9 Å². The third-order valence-corrected chi connectivity index (χ3v) is 4.51. The molecule has 3 rings (SSSR count). The predicted molar refractivity (Wildman–Crippen MR) is 114 cm³/mol. The second kappa shape index (κ2) is 9.32. The van der Waals surface area contributed by atoms with Gasteiger partial charge in [-0.3, -0.25) is 0 Å². The summed E-state index contributed by atoms with van der Waals surface area (Å²) in [5, 5.41) is 5.73. The maximum absolute atomic E-state index is 13.2. The van der Waals surface area contributed by atoms with Crippen LogP contribution in [0, 0.1) is 0 Å². The molecule has 0 fully saturated rings. The third-order valence-electron chi connectivity index (χ3n) is 4.18. The van der Waals surface area contributed by atoms with E-state index in [1.54, 1.807) is 6.07 Å². The minimum absolute atomic E-state index is 0.226. The van der Waals surface area contributed by atoms with Crippen LogP contribution < -0.4 is 10.6 Å². The number of rotatable bonds is 7. The highest BCUT2D eigenvalue weighted by molar-refractivity contribution is 6.31. The molecule has 2 aromatic carbocycles. The van der Waals surface area contributed by atoms with Gasteiger partial charge in [-0.1, -0.05) is 41.9 Å². The van der Waals surface area contributed by atoms with Gasteiger partial charge in [0.15, 0.2) is 0 Å². The minimum Gasteiger partial charge on any atom is -0.353 e. The average Bonchev–Trinajstić information content (AvgIpc) is 2.69. The largest absolute Gasteiger partial charge is 0.417 e. The van der Waals surface area contributed by atoms with Crippen molar-refractivity contribution in [2.45, 2.75) is 6.18 Å². The van der Waals surface area contributed by atoms with Crippen molar-refractivity contribution in [2.75, 3.05) is 37.8 Å². The Kier molecular flexibility index (Phi) is 6.79. The summed E-state index contributed by atoms with van der Waals surface area (Å²) in [6.45, 7) is 1.39. The van der Waals surface area contributed by atoms with Crippen LogP contribution in [0.3, 0.4) is 0 Å². The number of nitrogens with one attached hydrogen (secondary N) is 2. The van der Waals surface area contributed by atoms with E-state index in [-0.39, 0.29) is 10.7 Å². The van der Waals surface area contributed by atoms with Gasteiger partial charge in [0.05, 0.1) is 16.3 Å². The van der Waals surface area contributed by atoms with Gasteiger partial charge in [0, 0.05) is 30.4 Å². The zero-order chi connectivity index (χ0) is 21.7. The van der Waals surface area contributed by atoms with Crippen molar-refractivity contribution >= 4 is 29.1 Å². The Labute approximate surface area is 177 Å². The summed E-state index contributed by atoms with van der Waals surface area (Å²) in [5.41, 5.74) is 0.829. The van der Waals surface area contributed by atoms with Crippen LogP contribution in [0.15, 0.2) is 54.6 Å². The van der Waals surface area contributed by atoms with Crippen LogP contribution in [0.25, 0.3) is 11.3 Å². The summed E-state index contributed by atoms with van der Waals surface area (Å²) in [6, 6.07) is 14.8. The molecule has 0 radical (unpaired) electrons. The fourth-order valence-electron chi connectivity index (χ4n) is 2.71. The Hall–Kier alpha value is -2.84. The topological polar surface area (TPSA) is 53.1 Å². The van der Waals surface area contributed by atoms with Crippen LogP contribution in [-0.2, 0) is 6.18 Å². The molecule has 0 saturated carbocycles. The molecule has 3 aromatic rings. The van der Waals surface area contributed by atoms with Crippen LogP contribution in [-0.4, -0.2) is 42.1 Å². The lowest BCUT2D eigenvalue weighted by atomic mass is 10.1. The second-order valence-corrected chi connectivity index (χ2v) is 7.28. The van der Waals surface area contributed by atoms with Gasteiger partial charge in [-0.25, -0.2) is 4.98 Å². The van der Waals surface area contributed by atoms with E-state index in [4.69, 9.17) is 11.6 Å². The zero-order valence-corrected chi connectivity index (χ0v) is 17.2. The maximum Gasteiger partial charge on any atom is 0.417 e. The van der Waals surface area contributed by atoms with Gasteiger partial charge in [-0.05, 0) is 32.3 Å². The van der Waals surface area contributed by atoms with Crippen LogP contribution >= 0.6 is 11.6 Å². The Balaban J connectivity index is 1.93. The van der Waals surface area contributed by atoms with E-state index < -0.39 is 11.7 Å². The van der Waals surface area contributed by atoms with Crippen molar-refractivity contribution < 1.29 is 13.2 Å². The molecular formula is C21H21ClF3N5. The lowest BCUT2D eigenvalue weighted by Gasteiger charge is -2.15. The number of aromatic nitrogens is 2. The smallest absolute Gasteiger partial charge is 0.353 e. The van der Waals surface area contributed by atoms with E-state index in [1.807, 2.05) is 49.3 Å². The SMILES string of the molecule is CN(C)CCNc1nc(Nc2ccc(Cl)c(C(F)(F)F)c2)cc(-c2ccccc2)n1. The number of benzene rings is 2. The lowest BCUT2D eigenvalue weighted by Crippen LogP contribution is -2.21. The third kappa shape index (κ3) is 5.84. The van der Waals surface area contributed by atoms with Gasteiger partial charge in [-0.15, -0.1) is 0 Å². The number of hydrogen-bond acceptors (Lipinski definition) is 5. The van der Waals surface area contributed by atoms with Crippen LogP contribution in [0.5, 0.6) is 0 Å². The van der Waals surface area contributed by atoms with Gasteiger partial charge in [0.2, 0.25) is 5.95 Å². The summed E-state index contributed by atoms with van der Waals surface area (Å²) in [5.74, 6) is 0.748. The Morgan fingerprint density at radius 1 is 1.00 bits per heavy atom. The molecule has 0 aliphatic rings. The van der Waals surface area contributed by atoms with E-state index in [9.17, 15) is 13.2 Å². The summed E-state index contributed by atoms with van der Waals surface area (Å²) in [7, 11) is 3.91. The molecule has 0 spiro atoms. The standard InChI is InChI=1S/C21H21ClF3N5/c1-30(2)11-10-26-20-28-18(14-6-4-3-5-7-14)13-19(29-20)27-15-8-9-17(22)16(12-15)21(23,24)25/h3-9,12-13H,10-11H2,1-2H3,(H2,26,27,28,29). The van der Waals surface area contributed by atoms with E-state index in [2.05, 4.69) is 20.6 Å². The first-order valence-corrected chi connectivity index (χ1v) is 9.57. The minimum atomic E-state index is -4.55. The van der Waals surface area contributed by atoms with Crippen molar-refractivity contribution in [3.63, 3.8) is 0 Å². The molecule has 158 valence electrons. The first-order chi connectivity index (χ1) is 14.2. The Morgan fingerprint density at radius 3 is 2.40 bits per heavy atom. The first kappa shape index (κ1) is 21.9. The molecule has 9 heteroatoms. The van der Waals surface area contributed by atoms with Crippen LogP contribution in [0.2, 0.25) is 5.02 Å². The molecule has 0 bridgehead atoms. The van der Waals surface area contributed by atoms with E-state index in [0.717, 1.165) is 18.2 Å². The molecule has 30 heavy (non-hydrogen) atoms. The van der Waals surface area contributed by atoms with Gasteiger partial charge < -0.3 is 15.5 Å². The molecule has 0 atom stereocenters. The van der Waals surface area contributed by atoms with Gasteiger partial charge in [0.1, 0.15) is 5.82 Å². The van der Waals surface area contributed by atoms with Crippen molar-refractivity contribution in [3.8, 4) is 11.3 Å². The highest BCUT2D eigenvalue weighted by Gasteiger charge is 2.33. The molecule has 2 N–H and O–H groups in total. The maximum atomic E-state index is 13.2. The van der Waals surface area contributed by atoms with E-state index in [1.165, 1.54) is 12.1 Å². The summed E-state index contributed by atoms with van der Waals surface area (Å²) >= 11 is 5.71. The van der Waals surface area contributed by atoms with Crippen molar-refractivity contribution in [3.05, 3.63) is 65.2 Å². The summed E-state index contributed by atoms with van der Waals surface area (Å²) in [6.07, 6.45) is -4.55. The first-order valence-electron chi connectivity index (χ1n) is 9.19. The second-order valence-electron chi connectivity index (χ2n) is 6.88. The predicted octanol–water partition coefficient (Wildman–Crippen LogP) is 5.53. The molecule has 1 heterocycles. The highest BCUT2D eigenvalue weighted by atomic mass is 35.5. The lowest BCUT2D eigenvalue weighted by molar-refractivity contribution is -0.137. The highest BCUT2D eigenvalue weighted by Crippen LogP contribution is 2.36. The fraction of sp³-hybridized carbons (Fsp3) is 0.238. The van der Waals surface area contributed by atoms with Crippen LogP contribution in [0.1, 0.15) is 5.56 Å². The average molecular weight is 436 g/mol. The number of nitrogens with zero attached hydrogens (tertiary/aromatic N) is 3. The number of alkyl halides is 3. The molecule has 0 amide bonds. The van der Waals surface area contributed by atoms with E-state index in [0.29, 0.717) is 24.0 Å². The molecule has 5 nitrogen and oxygen atoms in total. The molecule has 0 aliphatic heterocycles. The Morgan fingerprint density at radius 2 is 1.73 bits per heavy atom. The quantitative estimate of drug-likeness (QED) is 0.511. The van der Waals surface area contributed by atoms with Crippen molar-refractivity contribution in [2.24, 2.45) is 0 Å².